The van der Waals surface area contributed by atoms with Crippen LogP contribution in [0.3, 0.4) is 0 Å². The molecule has 4 aliphatic rings. The molecule has 0 heterocycles. The number of aldehydes is 1. The van der Waals surface area contributed by atoms with E-state index in [1.54, 1.807) is 6.08 Å². The summed E-state index contributed by atoms with van der Waals surface area (Å²) in [6.07, 6.45) is 4.54. The number of aliphatic hydroxyl groups is 3. The number of aliphatic hydroxyl groups excluding tert-OH is 2. The van der Waals surface area contributed by atoms with Crippen molar-refractivity contribution in [2.24, 2.45) is 34.5 Å². The zero-order valence-corrected chi connectivity index (χ0v) is 16.6. The number of hydrogen-bond donors (Lipinski definition) is 3. The van der Waals surface area contributed by atoms with Gasteiger partial charge >= 0.3 is 0 Å². The molecular formula is C22H30O6. The second-order valence-electron chi connectivity index (χ2n) is 9.93. The van der Waals surface area contributed by atoms with Crippen LogP contribution in [0.5, 0.6) is 0 Å². The maximum Gasteiger partial charge on any atom is 0.190 e. The van der Waals surface area contributed by atoms with Crippen molar-refractivity contribution in [1.82, 2.24) is 0 Å². The van der Waals surface area contributed by atoms with Crippen LogP contribution in [0, 0.1) is 34.5 Å². The van der Waals surface area contributed by atoms with Gasteiger partial charge in [0.1, 0.15) is 18.5 Å². The molecule has 0 aliphatic heterocycles. The minimum Gasteiger partial charge on any atom is -0.393 e. The Labute approximate surface area is 165 Å². The molecule has 0 bridgehead atoms. The molecule has 0 amide bonds. The summed E-state index contributed by atoms with van der Waals surface area (Å²) in [6, 6.07) is 0. The average Bonchev–Trinajstić information content (AvgIpc) is 2.92. The lowest BCUT2D eigenvalue weighted by Crippen LogP contribution is -2.63. The molecule has 0 aromatic heterocycles. The van der Waals surface area contributed by atoms with Crippen LogP contribution >= 0.6 is 0 Å². The first-order valence-electron chi connectivity index (χ1n) is 10.4. The fourth-order valence-corrected chi connectivity index (χ4v) is 7.55. The molecule has 0 spiro atoms. The molecule has 154 valence electrons. The van der Waals surface area contributed by atoms with E-state index in [4.69, 9.17) is 0 Å². The third-order valence-corrected chi connectivity index (χ3v) is 8.90. The molecule has 0 aromatic rings. The van der Waals surface area contributed by atoms with Crippen molar-refractivity contribution in [2.75, 3.05) is 6.61 Å². The smallest absolute Gasteiger partial charge is 0.190 e. The van der Waals surface area contributed by atoms with Gasteiger partial charge in [-0.1, -0.05) is 19.4 Å². The van der Waals surface area contributed by atoms with E-state index in [0.717, 1.165) is 11.9 Å². The third-order valence-electron chi connectivity index (χ3n) is 8.90. The molecule has 8 atom stereocenters. The van der Waals surface area contributed by atoms with Crippen LogP contribution in [0.1, 0.15) is 52.4 Å². The summed E-state index contributed by atoms with van der Waals surface area (Å²) in [5.74, 6) is -1.04. The Bertz CT molecular complexity index is 758. The topological polar surface area (TPSA) is 112 Å². The van der Waals surface area contributed by atoms with Gasteiger partial charge in [0.25, 0.3) is 0 Å². The number of fused-ring (bicyclic) bond motifs is 5. The standard InChI is InChI=1S/C22H30O6/c1-20-5-3-13(25)8-16(20)12(10-23)7-14-15-4-6-22(28,18(27)11-24)21(15,2)9-17(26)19(14)20/h8,10,12,14-15,17,19,24,26,28H,3-7,9,11H2,1-2H3/t12?,14-,15-,17-,19+,20-,21-,22-/m0/s1. The highest BCUT2D eigenvalue weighted by Crippen LogP contribution is 2.68. The van der Waals surface area contributed by atoms with Crippen LogP contribution < -0.4 is 0 Å². The molecule has 4 rings (SSSR count). The predicted molar refractivity (Wildman–Crippen MR) is 100 cm³/mol. The summed E-state index contributed by atoms with van der Waals surface area (Å²) < 4.78 is 0. The minimum atomic E-state index is -1.64. The molecule has 3 saturated carbocycles. The lowest BCUT2D eigenvalue weighted by atomic mass is 9.44. The SMILES string of the molecule is C[C@]12CCC(=O)C=C1C(C=O)C[C@@H]1[C@@H]2[C@@H](O)C[C@@]2(C)[C@H]1CC[C@]2(O)C(=O)CO. The van der Waals surface area contributed by atoms with Crippen molar-refractivity contribution in [3.8, 4) is 0 Å². The first-order chi connectivity index (χ1) is 13.1. The van der Waals surface area contributed by atoms with Crippen LogP contribution in [0.4, 0.5) is 0 Å². The Balaban J connectivity index is 1.79. The van der Waals surface area contributed by atoms with Crippen molar-refractivity contribution >= 4 is 17.9 Å². The van der Waals surface area contributed by atoms with E-state index in [1.165, 1.54) is 0 Å². The average molecular weight is 390 g/mol. The summed E-state index contributed by atoms with van der Waals surface area (Å²) in [5, 5.41) is 31.9. The Morgan fingerprint density at radius 3 is 2.68 bits per heavy atom. The number of carbonyl (C=O) groups excluding carboxylic acids is 3. The van der Waals surface area contributed by atoms with Crippen LogP contribution in [0.2, 0.25) is 0 Å². The van der Waals surface area contributed by atoms with Crippen LogP contribution in [0.25, 0.3) is 0 Å². The Kier molecular flexibility index (Phi) is 4.49. The molecule has 0 radical (unpaired) electrons. The van der Waals surface area contributed by atoms with Crippen molar-refractivity contribution in [2.45, 2.75) is 64.1 Å². The van der Waals surface area contributed by atoms with Crippen LogP contribution in [-0.4, -0.2) is 51.5 Å². The summed E-state index contributed by atoms with van der Waals surface area (Å²) >= 11 is 0. The van der Waals surface area contributed by atoms with Gasteiger partial charge in [0.15, 0.2) is 11.6 Å². The Hall–Kier alpha value is -1.37. The first-order valence-corrected chi connectivity index (χ1v) is 10.4. The highest BCUT2D eigenvalue weighted by molar-refractivity contribution is 5.92. The van der Waals surface area contributed by atoms with Crippen LogP contribution in [0.15, 0.2) is 11.6 Å². The number of rotatable bonds is 3. The maximum absolute atomic E-state index is 12.4. The van der Waals surface area contributed by atoms with Gasteiger partial charge in [-0.25, -0.2) is 0 Å². The Morgan fingerprint density at radius 2 is 2.04 bits per heavy atom. The van der Waals surface area contributed by atoms with Crippen molar-refractivity contribution in [3.63, 3.8) is 0 Å². The lowest BCUT2D eigenvalue weighted by molar-refractivity contribution is -0.184. The number of ketones is 2. The summed E-state index contributed by atoms with van der Waals surface area (Å²) in [4.78, 5) is 36.4. The zero-order valence-electron chi connectivity index (χ0n) is 16.6. The van der Waals surface area contributed by atoms with E-state index in [1.807, 2.05) is 6.92 Å². The molecule has 0 aromatic carbocycles. The van der Waals surface area contributed by atoms with Gasteiger partial charge in [-0.05, 0) is 61.3 Å². The van der Waals surface area contributed by atoms with Gasteiger partial charge in [-0.3, -0.25) is 9.59 Å². The zero-order chi connectivity index (χ0) is 20.5. The summed E-state index contributed by atoms with van der Waals surface area (Å²) in [6.45, 7) is 3.20. The fraction of sp³-hybridized carbons (Fsp3) is 0.773. The second kappa shape index (κ2) is 6.31. The summed E-state index contributed by atoms with van der Waals surface area (Å²) in [5.41, 5.74) is -2.05. The van der Waals surface area contributed by atoms with E-state index in [9.17, 15) is 29.7 Å². The summed E-state index contributed by atoms with van der Waals surface area (Å²) in [7, 11) is 0. The van der Waals surface area contributed by atoms with Gasteiger partial charge in [0.05, 0.1) is 6.10 Å². The molecule has 6 nitrogen and oxygen atoms in total. The van der Waals surface area contributed by atoms with Gasteiger partial charge < -0.3 is 20.1 Å². The molecule has 1 unspecified atom stereocenters. The molecule has 6 heteroatoms. The van der Waals surface area contributed by atoms with E-state index < -0.39 is 34.9 Å². The Morgan fingerprint density at radius 1 is 1.32 bits per heavy atom. The molecule has 4 aliphatic carbocycles. The molecule has 28 heavy (non-hydrogen) atoms. The monoisotopic (exact) mass is 390 g/mol. The van der Waals surface area contributed by atoms with Crippen molar-refractivity contribution in [1.29, 1.82) is 0 Å². The molecular weight excluding hydrogens is 360 g/mol. The lowest BCUT2D eigenvalue weighted by Gasteiger charge is -2.61. The fourth-order valence-electron chi connectivity index (χ4n) is 7.55. The number of hydrogen-bond acceptors (Lipinski definition) is 6. The largest absolute Gasteiger partial charge is 0.393 e. The van der Waals surface area contributed by atoms with Gasteiger partial charge in [-0.2, -0.15) is 0 Å². The van der Waals surface area contributed by atoms with E-state index in [0.29, 0.717) is 25.7 Å². The van der Waals surface area contributed by atoms with E-state index in [2.05, 4.69) is 6.92 Å². The first kappa shape index (κ1) is 19.9. The maximum atomic E-state index is 12.4. The highest BCUT2D eigenvalue weighted by atomic mass is 16.3. The highest BCUT2D eigenvalue weighted by Gasteiger charge is 2.68. The number of allylic oxidation sites excluding steroid dienone is 1. The van der Waals surface area contributed by atoms with E-state index >= 15 is 0 Å². The van der Waals surface area contributed by atoms with Crippen molar-refractivity contribution in [3.05, 3.63) is 11.6 Å². The molecule has 3 fully saturated rings. The van der Waals surface area contributed by atoms with Gasteiger partial charge in [-0.15, -0.1) is 0 Å². The number of Topliss-reactive ketones (excluding diaryl/α,β-unsaturated/α-hetero) is 1. The quantitative estimate of drug-likeness (QED) is 0.625. The van der Waals surface area contributed by atoms with Gasteiger partial charge in [0.2, 0.25) is 0 Å². The minimum absolute atomic E-state index is 0.0140. The normalized spacial score (nSPS) is 50.2. The van der Waals surface area contributed by atoms with Crippen molar-refractivity contribution < 1.29 is 29.7 Å². The molecule has 0 saturated heterocycles. The predicted octanol–water partition coefficient (Wildman–Crippen LogP) is 1.21. The van der Waals surface area contributed by atoms with Gasteiger partial charge in [0, 0.05) is 17.8 Å². The number of carbonyl (C=O) groups is 3. The molecule has 3 N–H and O–H groups in total. The third kappa shape index (κ3) is 2.34. The van der Waals surface area contributed by atoms with Crippen LogP contribution in [-0.2, 0) is 14.4 Å². The van der Waals surface area contributed by atoms with E-state index in [-0.39, 0.29) is 42.3 Å². The second-order valence-corrected chi connectivity index (χ2v) is 9.93.